The van der Waals surface area contributed by atoms with E-state index in [4.69, 9.17) is 0 Å². The Morgan fingerprint density at radius 1 is 1.32 bits per heavy atom. The Kier molecular flexibility index (Phi) is 4.36. The molecule has 1 aliphatic heterocycles. The number of aromatic nitrogens is 1. The SMILES string of the molecule is C[C@H]1C[C@H](NC(=O)c2ccc(C(F)(F)F)cn2)c2ccsc2S1(=O)=O. The molecule has 5 nitrogen and oxygen atoms in total. The minimum absolute atomic E-state index is 0.161. The number of carbonyl (C=O) groups is 1. The molecule has 2 atom stereocenters. The molecule has 0 fully saturated rings. The number of sulfone groups is 1. The predicted molar refractivity (Wildman–Crippen MR) is 85.0 cm³/mol. The van der Waals surface area contributed by atoms with Crippen molar-refractivity contribution in [3.63, 3.8) is 0 Å². The summed E-state index contributed by atoms with van der Waals surface area (Å²) in [7, 11) is -3.41. The average Bonchev–Trinajstić information content (AvgIpc) is 3.03. The molecule has 3 heterocycles. The van der Waals surface area contributed by atoms with Gasteiger partial charge in [0.15, 0.2) is 9.84 Å². The Morgan fingerprint density at radius 3 is 2.64 bits per heavy atom. The van der Waals surface area contributed by atoms with E-state index in [1.54, 1.807) is 18.4 Å². The third-order valence-corrected chi connectivity index (χ3v) is 7.73. The Labute approximate surface area is 145 Å². The summed E-state index contributed by atoms with van der Waals surface area (Å²) in [6, 6.07) is 2.88. The van der Waals surface area contributed by atoms with E-state index in [0.717, 1.165) is 23.5 Å². The fourth-order valence-electron chi connectivity index (χ4n) is 2.63. The van der Waals surface area contributed by atoms with Crippen molar-refractivity contribution < 1.29 is 26.4 Å². The summed E-state index contributed by atoms with van der Waals surface area (Å²) in [5.41, 5.74) is -0.601. The first-order valence-corrected chi connectivity index (χ1v) is 9.68. The number of amides is 1. The number of alkyl halides is 3. The fraction of sp³-hybridized carbons (Fsp3) is 0.333. The highest BCUT2D eigenvalue weighted by atomic mass is 32.2. The van der Waals surface area contributed by atoms with E-state index in [2.05, 4.69) is 10.3 Å². The third kappa shape index (κ3) is 3.28. The van der Waals surface area contributed by atoms with Gasteiger partial charge in [-0.25, -0.2) is 8.42 Å². The molecule has 0 unspecified atom stereocenters. The number of thiophene rings is 1. The molecule has 0 aliphatic carbocycles. The Balaban J connectivity index is 1.82. The number of pyridine rings is 1. The highest BCUT2D eigenvalue weighted by Crippen LogP contribution is 2.39. The molecule has 0 aromatic carbocycles. The number of fused-ring (bicyclic) bond motifs is 1. The number of hydrogen-bond donors (Lipinski definition) is 1. The summed E-state index contributed by atoms with van der Waals surface area (Å²) >= 11 is 1.09. The average molecular weight is 390 g/mol. The van der Waals surface area contributed by atoms with Crippen LogP contribution in [0.5, 0.6) is 0 Å². The number of nitrogens with zero attached hydrogens (tertiary/aromatic N) is 1. The highest BCUT2D eigenvalue weighted by Gasteiger charge is 2.38. The zero-order valence-corrected chi connectivity index (χ0v) is 14.5. The molecule has 1 amide bonds. The van der Waals surface area contributed by atoms with Gasteiger partial charge in [0.25, 0.3) is 5.91 Å². The van der Waals surface area contributed by atoms with Crippen LogP contribution in [0.2, 0.25) is 0 Å². The molecule has 0 saturated carbocycles. The minimum atomic E-state index is -4.53. The van der Waals surface area contributed by atoms with Crippen molar-refractivity contribution in [3.05, 3.63) is 46.6 Å². The second-order valence-corrected chi connectivity index (χ2v) is 9.19. The lowest BCUT2D eigenvalue weighted by molar-refractivity contribution is -0.137. The zero-order valence-electron chi connectivity index (χ0n) is 12.9. The number of carbonyl (C=O) groups excluding carboxylic acids is 1. The summed E-state index contributed by atoms with van der Waals surface area (Å²) in [4.78, 5) is 15.8. The van der Waals surface area contributed by atoms with Gasteiger partial charge in [-0.15, -0.1) is 11.3 Å². The Hall–Kier alpha value is -1.94. The van der Waals surface area contributed by atoms with Gasteiger partial charge in [0.1, 0.15) is 9.90 Å². The van der Waals surface area contributed by atoms with Crippen LogP contribution in [-0.4, -0.2) is 24.6 Å². The first kappa shape index (κ1) is 17.9. The number of nitrogens with one attached hydrogen (secondary N) is 1. The van der Waals surface area contributed by atoms with Gasteiger partial charge in [-0.2, -0.15) is 13.2 Å². The third-order valence-electron chi connectivity index (χ3n) is 4.02. The molecular weight excluding hydrogens is 377 g/mol. The standard InChI is InChI=1S/C15H13F3N2O3S2/c1-8-6-12(10-4-5-24-14(10)25(8,22)23)20-13(21)11-3-2-9(7-19-11)15(16,17)18/h2-5,7-8,12H,6H2,1H3,(H,20,21)/t8-,12-/m0/s1. The molecule has 25 heavy (non-hydrogen) atoms. The van der Waals surface area contributed by atoms with Crippen LogP contribution in [0.1, 0.15) is 41.0 Å². The van der Waals surface area contributed by atoms with Crippen molar-refractivity contribution in [1.82, 2.24) is 10.3 Å². The van der Waals surface area contributed by atoms with Gasteiger partial charge in [-0.05, 0) is 36.9 Å². The minimum Gasteiger partial charge on any atom is -0.344 e. The number of halogens is 3. The molecule has 0 saturated heterocycles. The van der Waals surface area contributed by atoms with Gasteiger partial charge in [-0.3, -0.25) is 9.78 Å². The van der Waals surface area contributed by atoms with Crippen LogP contribution in [-0.2, 0) is 16.0 Å². The zero-order chi connectivity index (χ0) is 18.4. The summed E-state index contributed by atoms with van der Waals surface area (Å²) in [6.45, 7) is 1.56. The van der Waals surface area contributed by atoms with Gasteiger partial charge in [-0.1, -0.05) is 0 Å². The lowest BCUT2D eigenvalue weighted by Crippen LogP contribution is -2.36. The molecule has 0 bridgehead atoms. The van der Waals surface area contributed by atoms with Gasteiger partial charge in [0.2, 0.25) is 0 Å². The van der Waals surface area contributed by atoms with E-state index in [0.29, 0.717) is 11.8 Å². The van der Waals surface area contributed by atoms with Crippen molar-refractivity contribution in [3.8, 4) is 0 Å². The molecule has 1 N–H and O–H groups in total. The van der Waals surface area contributed by atoms with E-state index in [-0.39, 0.29) is 16.3 Å². The van der Waals surface area contributed by atoms with E-state index >= 15 is 0 Å². The largest absolute Gasteiger partial charge is 0.417 e. The van der Waals surface area contributed by atoms with Crippen molar-refractivity contribution in [1.29, 1.82) is 0 Å². The van der Waals surface area contributed by atoms with Crippen molar-refractivity contribution in [2.75, 3.05) is 0 Å². The van der Waals surface area contributed by atoms with Crippen LogP contribution in [0.15, 0.2) is 34.0 Å². The second kappa shape index (κ2) is 6.10. The normalized spacial score (nSPS) is 22.2. The van der Waals surface area contributed by atoms with Gasteiger partial charge >= 0.3 is 6.18 Å². The molecule has 2 aromatic rings. The molecule has 0 spiro atoms. The first-order valence-electron chi connectivity index (χ1n) is 7.26. The van der Waals surface area contributed by atoms with Crippen LogP contribution < -0.4 is 5.32 Å². The summed E-state index contributed by atoms with van der Waals surface area (Å²) in [5, 5.41) is 3.64. The Bertz CT molecular complexity index is 905. The van der Waals surface area contributed by atoms with Crippen molar-refractivity contribution in [2.45, 2.75) is 35.0 Å². The molecule has 10 heteroatoms. The fourth-order valence-corrected chi connectivity index (χ4v) is 5.86. The van der Waals surface area contributed by atoms with E-state index in [9.17, 15) is 26.4 Å². The van der Waals surface area contributed by atoms with Crippen LogP contribution >= 0.6 is 11.3 Å². The molecule has 3 rings (SSSR count). The maximum Gasteiger partial charge on any atom is 0.417 e. The molecular formula is C15H13F3N2O3S2. The van der Waals surface area contributed by atoms with E-state index in [1.165, 1.54) is 0 Å². The van der Waals surface area contributed by atoms with Crippen molar-refractivity contribution >= 4 is 27.1 Å². The molecule has 134 valence electrons. The molecule has 0 radical (unpaired) electrons. The van der Waals surface area contributed by atoms with Crippen LogP contribution in [0.25, 0.3) is 0 Å². The van der Waals surface area contributed by atoms with Crippen LogP contribution in [0.3, 0.4) is 0 Å². The number of hydrogen-bond acceptors (Lipinski definition) is 5. The lowest BCUT2D eigenvalue weighted by Gasteiger charge is -2.27. The highest BCUT2D eigenvalue weighted by molar-refractivity contribution is 7.94. The molecule has 1 aliphatic rings. The van der Waals surface area contributed by atoms with Crippen LogP contribution in [0, 0.1) is 0 Å². The monoisotopic (exact) mass is 390 g/mol. The smallest absolute Gasteiger partial charge is 0.344 e. The van der Waals surface area contributed by atoms with Gasteiger partial charge in [0, 0.05) is 11.8 Å². The van der Waals surface area contributed by atoms with Crippen molar-refractivity contribution in [2.24, 2.45) is 0 Å². The maximum absolute atomic E-state index is 12.5. The second-order valence-electron chi connectivity index (χ2n) is 5.71. The maximum atomic E-state index is 12.5. The Morgan fingerprint density at radius 2 is 2.04 bits per heavy atom. The van der Waals surface area contributed by atoms with Crippen LogP contribution in [0.4, 0.5) is 13.2 Å². The topological polar surface area (TPSA) is 76.1 Å². The first-order chi connectivity index (χ1) is 11.6. The quantitative estimate of drug-likeness (QED) is 0.854. The summed E-state index contributed by atoms with van der Waals surface area (Å²) in [5.74, 6) is -0.651. The van der Waals surface area contributed by atoms with E-state index < -0.39 is 38.8 Å². The molecule has 2 aromatic heterocycles. The van der Waals surface area contributed by atoms with E-state index in [1.807, 2.05) is 0 Å². The van der Waals surface area contributed by atoms with Gasteiger partial charge < -0.3 is 5.32 Å². The predicted octanol–water partition coefficient (Wildman–Crippen LogP) is 3.20. The summed E-state index contributed by atoms with van der Waals surface area (Å²) < 4.78 is 62.4. The number of rotatable bonds is 2. The summed E-state index contributed by atoms with van der Waals surface area (Å²) in [6.07, 6.45) is -3.74. The van der Waals surface area contributed by atoms with Gasteiger partial charge in [0.05, 0.1) is 16.9 Å². The lowest BCUT2D eigenvalue weighted by atomic mass is 10.0.